The van der Waals surface area contributed by atoms with Crippen LogP contribution in [0.5, 0.6) is 0 Å². The SMILES string of the molecule is CC(C)CC(O)CNC(=O)C(=O)N1CC2(CC2)c2ccccc21. The maximum Gasteiger partial charge on any atom is 0.316 e. The molecule has 1 unspecified atom stereocenters. The molecule has 0 bridgehead atoms. The lowest BCUT2D eigenvalue weighted by Crippen LogP contribution is -2.45. The van der Waals surface area contributed by atoms with Crippen molar-refractivity contribution >= 4 is 17.5 Å². The zero-order chi connectivity index (χ0) is 16.6. The number of benzene rings is 1. The Kier molecular flexibility index (Phi) is 4.15. The van der Waals surface area contributed by atoms with Gasteiger partial charge in [0.15, 0.2) is 0 Å². The number of anilines is 1. The van der Waals surface area contributed by atoms with E-state index in [2.05, 4.69) is 11.4 Å². The minimum Gasteiger partial charge on any atom is -0.391 e. The third-order valence-electron chi connectivity index (χ3n) is 4.76. The molecule has 1 heterocycles. The van der Waals surface area contributed by atoms with E-state index in [4.69, 9.17) is 0 Å². The van der Waals surface area contributed by atoms with E-state index < -0.39 is 17.9 Å². The van der Waals surface area contributed by atoms with Crippen molar-refractivity contribution in [3.05, 3.63) is 29.8 Å². The molecule has 5 nitrogen and oxygen atoms in total. The Morgan fingerprint density at radius 2 is 2.00 bits per heavy atom. The quantitative estimate of drug-likeness (QED) is 0.829. The molecule has 124 valence electrons. The molecule has 5 heteroatoms. The fourth-order valence-electron chi connectivity index (χ4n) is 3.43. The lowest BCUT2D eigenvalue weighted by molar-refractivity contribution is -0.137. The molecule has 1 aromatic rings. The summed E-state index contributed by atoms with van der Waals surface area (Å²) in [7, 11) is 0. The molecule has 1 spiro atoms. The molecule has 1 atom stereocenters. The van der Waals surface area contributed by atoms with Crippen LogP contribution >= 0.6 is 0 Å². The molecule has 0 saturated heterocycles. The highest BCUT2D eigenvalue weighted by Crippen LogP contribution is 2.56. The number of carbonyl (C=O) groups excluding carboxylic acids is 2. The van der Waals surface area contributed by atoms with Gasteiger partial charge in [0.05, 0.1) is 6.10 Å². The first kappa shape index (κ1) is 16.0. The Morgan fingerprint density at radius 3 is 2.65 bits per heavy atom. The Hall–Kier alpha value is -1.88. The van der Waals surface area contributed by atoms with Gasteiger partial charge in [-0.3, -0.25) is 9.59 Å². The fraction of sp³-hybridized carbons (Fsp3) is 0.556. The molecule has 2 amide bonds. The van der Waals surface area contributed by atoms with Gasteiger partial charge >= 0.3 is 11.8 Å². The summed E-state index contributed by atoms with van der Waals surface area (Å²) < 4.78 is 0. The molecule has 1 aromatic carbocycles. The second-order valence-electron chi connectivity index (χ2n) is 7.18. The fourth-order valence-corrected chi connectivity index (χ4v) is 3.43. The van der Waals surface area contributed by atoms with Gasteiger partial charge in [-0.15, -0.1) is 0 Å². The van der Waals surface area contributed by atoms with Crippen molar-refractivity contribution in [2.45, 2.75) is 44.6 Å². The van der Waals surface area contributed by atoms with E-state index in [-0.39, 0.29) is 12.0 Å². The molecule has 2 N–H and O–H groups in total. The first-order valence-electron chi connectivity index (χ1n) is 8.30. The number of para-hydroxylation sites is 1. The summed E-state index contributed by atoms with van der Waals surface area (Å²) in [6, 6.07) is 7.83. The van der Waals surface area contributed by atoms with Crippen molar-refractivity contribution in [3.8, 4) is 0 Å². The summed E-state index contributed by atoms with van der Waals surface area (Å²) >= 11 is 0. The summed E-state index contributed by atoms with van der Waals surface area (Å²) in [5, 5.41) is 12.4. The van der Waals surface area contributed by atoms with Crippen LogP contribution in [0.1, 0.15) is 38.7 Å². The molecule has 0 aromatic heterocycles. The van der Waals surface area contributed by atoms with Crippen LogP contribution in [0.3, 0.4) is 0 Å². The highest BCUT2D eigenvalue weighted by atomic mass is 16.3. The van der Waals surface area contributed by atoms with Crippen molar-refractivity contribution in [1.82, 2.24) is 5.32 Å². The largest absolute Gasteiger partial charge is 0.391 e. The van der Waals surface area contributed by atoms with Crippen molar-refractivity contribution in [1.29, 1.82) is 0 Å². The van der Waals surface area contributed by atoms with Gasteiger partial charge < -0.3 is 15.3 Å². The molecule has 2 aliphatic rings. The third-order valence-corrected chi connectivity index (χ3v) is 4.76. The number of amides is 2. The number of aliphatic hydroxyl groups excluding tert-OH is 1. The molecular formula is C18H24N2O3. The van der Waals surface area contributed by atoms with Gasteiger partial charge in [-0.2, -0.15) is 0 Å². The van der Waals surface area contributed by atoms with Gasteiger partial charge in [0.1, 0.15) is 0 Å². The number of aliphatic hydroxyl groups is 1. The molecule has 23 heavy (non-hydrogen) atoms. The predicted octanol–water partition coefficient (Wildman–Crippen LogP) is 1.59. The van der Waals surface area contributed by atoms with Gasteiger partial charge in [0, 0.05) is 24.2 Å². The average molecular weight is 316 g/mol. The standard InChI is InChI=1S/C18H24N2O3/c1-12(2)9-13(21)10-19-16(22)17(23)20-11-18(7-8-18)14-5-3-4-6-15(14)20/h3-6,12-13,21H,7-11H2,1-2H3,(H,19,22). The van der Waals surface area contributed by atoms with Crippen LogP contribution in [0.4, 0.5) is 5.69 Å². The first-order chi connectivity index (χ1) is 10.9. The van der Waals surface area contributed by atoms with Crippen LogP contribution in [0.15, 0.2) is 24.3 Å². The normalized spacial score (nSPS) is 18.9. The number of nitrogens with zero attached hydrogens (tertiary/aromatic N) is 1. The van der Waals surface area contributed by atoms with Gasteiger partial charge in [-0.1, -0.05) is 32.0 Å². The number of hydrogen-bond acceptors (Lipinski definition) is 3. The number of carbonyl (C=O) groups is 2. The summed E-state index contributed by atoms with van der Waals surface area (Å²) in [5.74, 6) is -0.823. The lowest BCUT2D eigenvalue weighted by atomic mass is 9.99. The number of fused-ring (bicyclic) bond motifs is 2. The zero-order valence-electron chi connectivity index (χ0n) is 13.7. The molecule has 1 aliphatic carbocycles. The van der Waals surface area contributed by atoms with E-state index in [0.717, 1.165) is 18.5 Å². The smallest absolute Gasteiger partial charge is 0.316 e. The molecule has 3 rings (SSSR count). The summed E-state index contributed by atoms with van der Waals surface area (Å²) in [6.07, 6.45) is 2.13. The Balaban J connectivity index is 1.64. The summed E-state index contributed by atoms with van der Waals surface area (Å²) in [6.45, 7) is 4.72. The van der Waals surface area contributed by atoms with E-state index >= 15 is 0 Å². The van der Waals surface area contributed by atoms with Crippen LogP contribution in [-0.2, 0) is 15.0 Å². The van der Waals surface area contributed by atoms with E-state index in [1.54, 1.807) is 4.90 Å². The van der Waals surface area contributed by atoms with E-state index in [0.29, 0.717) is 18.9 Å². The van der Waals surface area contributed by atoms with Crippen molar-refractivity contribution in [2.75, 3.05) is 18.0 Å². The zero-order valence-corrected chi connectivity index (χ0v) is 13.7. The van der Waals surface area contributed by atoms with Gasteiger partial charge in [-0.05, 0) is 36.8 Å². The highest BCUT2D eigenvalue weighted by molar-refractivity contribution is 6.40. The molecule has 1 fully saturated rings. The van der Waals surface area contributed by atoms with Crippen LogP contribution < -0.4 is 10.2 Å². The van der Waals surface area contributed by atoms with Crippen molar-refractivity contribution in [2.24, 2.45) is 5.92 Å². The first-order valence-corrected chi connectivity index (χ1v) is 8.30. The minimum absolute atomic E-state index is 0.0731. The second kappa shape index (κ2) is 5.96. The van der Waals surface area contributed by atoms with Crippen LogP contribution in [0.25, 0.3) is 0 Å². The molecular weight excluding hydrogens is 292 g/mol. The Labute approximate surface area is 136 Å². The minimum atomic E-state index is -0.639. The second-order valence-corrected chi connectivity index (χ2v) is 7.18. The highest BCUT2D eigenvalue weighted by Gasteiger charge is 2.53. The molecule has 1 saturated carbocycles. The van der Waals surface area contributed by atoms with Crippen molar-refractivity contribution in [3.63, 3.8) is 0 Å². The molecule has 1 aliphatic heterocycles. The van der Waals surface area contributed by atoms with E-state index in [1.165, 1.54) is 5.56 Å². The van der Waals surface area contributed by atoms with Gasteiger partial charge in [0.25, 0.3) is 0 Å². The van der Waals surface area contributed by atoms with Crippen LogP contribution in [0.2, 0.25) is 0 Å². The number of nitrogens with one attached hydrogen (secondary N) is 1. The number of rotatable bonds is 4. The Bertz CT molecular complexity index is 622. The van der Waals surface area contributed by atoms with E-state index in [9.17, 15) is 14.7 Å². The maximum atomic E-state index is 12.5. The topological polar surface area (TPSA) is 69.6 Å². The monoisotopic (exact) mass is 316 g/mol. The lowest BCUT2D eigenvalue weighted by Gasteiger charge is -2.18. The van der Waals surface area contributed by atoms with Gasteiger partial charge in [0.2, 0.25) is 0 Å². The summed E-state index contributed by atoms with van der Waals surface area (Å²) in [5.41, 5.74) is 2.11. The molecule has 0 radical (unpaired) electrons. The maximum absolute atomic E-state index is 12.5. The van der Waals surface area contributed by atoms with Crippen LogP contribution in [0, 0.1) is 5.92 Å². The van der Waals surface area contributed by atoms with Crippen molar-refractivity contribution < 1.29 is 14.7 Å². The van der Waals surface area contributed by atoms with Gasteiger partial charge in [-0.25, -0.2) is 0 Å². The van der Waals surface area contributed by atoms with E-state index in [1.807, 2.05) is 32.0 Å². The Morgan fingerprint density at radius 1 is 1.30 bits per heavy atom. The number of hydrogen-bond donors (Lipinski definition) is 2. The predicted molar refractivity (Wildman–Crippen MR) is 88.2 cm³/mol. The summed E-state index contributed by atoms with van der Waals surface area (Å²) in [4.78, 5) is 26.2. The third kappa shape index (κ3) is 3.11. The average Bonchev–Trinajstić information content (AvgIpc) is 3.22. The van der Waals surface area contributed by atoms with Crippen LogP contribution in [-0.4, -0.2) is 36.1 Å².